The summed E-state index contributed by atoms with van der Waals surface area (Å²) < 4.78 is 5.00. The van der Waals surface area contributed by atoms with Gasteiger partial charge in [-0.2, -0.15) is 0 Å². The number of likely N-dealkylation sites (N-methyl/N-ethyl adjacent to an activating group) is 1. The van der Waals surface area contributed by atoms with Crippen molar-refractivity contribution in [3.05, 3.63) is 69.7 Å². The number of benzene rings is 2. The molecule has 1 aliphatic heterocycles. The second-order valence-electron chi connectivity index (χ2n) is 7.68. The van der Waals surface area contributed by atoms with Gasteiger partial charge in [-0.25, -0.2) is 14.9 Å². The summed E-state index contributed by atoms with van der Waals surface area (Å²) in [5.41, 5.74) is 4.14. The van der Waals surface area contributed by atoms with Crippen LogP contribution in [0.2, 0.25) is 0 Å². The predicted molar refractivity (Wildman–Crippen MR) is 116 cm³/mol. The molecule has 0 radical (unpaired) electrons. The molecule has 0 fully saturated rings. The quantitative estimate of drug-likeness (QED) is 0.572. The second-order valence-corrected chi connectivity index (χ2v) is 7.68. The van der Waals surface area contributed by atoms with Crippen LogP contribution in [0.25, 0.3) is 11.5 Å². The number of carbonyl (C=O) groups is 2. The first-order valence-electron chi connectivity index (χ1n) is 10.0. The van der Waals surface area contributed by atoms with Crippen LogP contribution in [0, 0.1) is 6.92 Å². The summed E-state index contributed by atoms with van der Waals surface area (Å²) in [7, 11) is 1.69. The van der Waals surface area contributed by atoms with Crippen molar-refractivity contribution in [2.45, 2.75) is 20.0 Å². The maximum Gasteiger partial charge on any atom is 0.434 e. The molecule has 0 spiro atoms. The van der Waals surface area contributed by atoms with Gasteiger partial charge in [0.15, 0.2) is 0 Å². The van der Waals surface area contributed by atoms with Gasteiger partial charge in [-0.15, -0.1) is 5.10 Å². The first kappa shape index (κ1) is 21.3. The van der Waals surface area contributed by atoms with Crippen molar-refractivity contribution in [2.24, 2.45) is 0 Å². The van der Waals surface area contributed by atoms with Crippen LogP contribution in [0.5, 0.6) is 0 Å². The van der Waals surface area contributed by atoms with Crippen LogP contribution >= 0.6 is 0 Å². The summed E-state index contributed by atoms with van der Waals surface area (Å²) in [5.74, 6) is -1.90. The fourth-order valence-corrected chi connectivity index (χ4v) is 3.78. The molecule has 0 saturated carbocycles. The lowest BCUT2D eigenvalue weighted by Crippen LogP contribution is -2.47. The number of carbonyl (C=O) groups excluding carboxylic acids is 1. The van der Waals surface area contributed by atoms with Gasteiger partial charge in [-0.05, 0) is 35.7 Å². The molecule has 10 heteroatoms. The Hall–Kier alpha value is -3.92. The van der Waals surface area contributed by atoms with E-state index in [1.807, 2.05) is 36.2 Å². The molecule has 0 bridgehead atoms. The summed E-state index contributed by atoms with van der Waals surface area (Å²) in [4.78, 5) is 37.4. The molecule has 0 unspecified atom stereocenters. The molecule has 32 heavy (non-hydrogen) atoms. The zero-order chi connectivity index (χ0) is 22.8. The van der Waals surface area contributed by atoms with E-state index >= 15 is 0 Å². The SMILES string of the molecule is Cc1ccc(-c2n[nH]c(=O)o2)cc1N(CC(=O)O)CC(=O)N(C)N1Cc2ccccc2C1. The zero-order valence-electron chi connectivity index (χ0n) is 17.7. The van der Waals surface area contributed by atoms with Crippen molar-refractivity contribution in [3.63, 3.8) is 0 Å². The number of H-pyrrole nitrogens is 1. The molecule has 1 aliphatic rings. The van der Waals surface area contributed by atoms with Gasteiger partial charge in [0.25, 0.3) is 5.91 Å². The summed E-state index contributed by atoms with van der Waals surface area (Å²) in [6.07, 6.45) is 0. The highest BCUT2D eigenvalue weighted by molar-refractivity contribution is 5.84. The Balaban J connectivity index is 1.56. The van der Waals surface area contributed by atoms with Gasteiger partial charge in [-0.1, -0.05) is 30.3 Å². The minimum atomic E-state index is -1.06. The van der Waals surface area contributed by atoms with Crippen LogP contribution in [0.3, 0.4) is 0 Å². The van der Waals surface area contributed by atoms with Crippen LogP contribution in [0.4, 0.5) is 5.69 Å². The van der Waals surface area contributed by atoms with E-state index in [-0.39, 0.29) is 24.9 Å². The highest BCUT2D eigenvalue weighted by Crippen LogP contribution is 2.27. The van der Waals surface area contributed by atoms with Crippen molar-refractivity contribution in [1.29, 1.82) is 0 Å². The first-order chi connectivity index (χ1) is 15.3. The van der Waals surface area contributed by atoms with Gasteiger partial charge in [-0.3, -0.25) is 14.6 Å². The minimum Gasteiger partial charge on any atom is -0.480 e. The van der Waals surface area contributed by atoms with Crippen molar-refractivity contribution in [2.75, 3.05) is 25.0 Å². The van der Waals surface area contributed by atoms with E-state index in [1.165, 1.54) is 16.0 Å². The fraction of sp³-hybridized carbons (Fsp3) is 0.273. The fourth-order valence-electron chi connectivity index (χ4n) is 3.78. The molecule has 2 N–H and O–H groups in total. The Morgan fingerprint density at radius 2 is 1.84 bits per heavy atom. The molecular formula is C22H23N5O5. The lowest BCUT2D eigenvalue weighted by atomic mass is 10.1. The predicted octanol–water partition coefficient (Wildman–Crippen LogP) is 1.62. The summed E-state index contributed by atoms with van der Waals surface area (Å²) >= 11 is 0. The lowest BCUT2D eigenvalue weighted by molar-refractivity contribution is -0.145. The molecule has 166 valence electrons. The van der Waals surface area contributed by atoms with Crippen molar-refractivity contribution < 1.29 is 19.1 Å². The van der Waals surface area contributed by atoms with Crippen LogP contribution in [0.1, 0.15) is 16.7 Å². The van der Waals surface area contributed by atoms with Crippen LogP contribution < -0.4 is 10.7 Å². The molecule has 0 atom stereocenters. The molecule has 3 aromatic rings. The Labute approximate surface area is 183 Å². The number of aromatic nitrogens is 2. The number of fused-ring (bicyclic) bond motifs is 1. The summed E-state index contributed by atoms with van der Waals surface area (Å²) in [5, 5.41) is 18.9. The molecule has 10 nitrogen and oxygen atoms in total. The van der Waals surface area contributed by atoms with E-state index in [9.17, 15) is 19.5 Å². The number of carboxylic acids is 1. The van der Waals surface area contributed by atoms with Crippen molar-refractivity contribution >= 4 is 17.6 Å². The Kier molecular flexibility index (Phi) is 5.78. The molecular weight excluding hydrogens is 414 g/mol. The number of rotatable bonds is 7. The molecule has 0 saturated heterocycles. The van der Waals surface area contributed by atoms with Gasteiger partial charge in [0.2, 0.25) is 5.89 Å². The normalized spacial score (nSPS) is 13.1. The number of hydrogen-bond donors (Lipinski definition) is 2. The van der Waals surface area contributed by atoms with E-state index < -0.39 is 11.7 Å². The maximum absolute atomic E-state index is 13.1. The molecule has 1 amide bonds. The van der Waals surface area contributed by atoms with Gasteiger partial charge >= 0.3 is 11.7 Å². The number of nitrogens with zero attached hydrogens (tertiary/aromatic N) is 4. The smallest absolute Gasteiger partial charge is 0.434 e. The Morgan fingerprint density at radius 3 is 2.44 bits per heavy atom. The molecule has 1 aromatic heterocycles. The van der Waals surface area contributed by atoms with Crippen molar-refractivity contribution in [1.82, 2.24) is 20.2 Å². The molecule has 0 aliphatic carbocycles. The van der Waals surface area contributed by atoms with Gasteiger partial charge in [0, 0.05) is 31.4 Å². The maximum atomic E-state index is 13.1. The van der Waals surface area contributed by atoms with E-state index in [2.05, 4.69) is 10.2 Å². The number of hydrazine groups is 1. The Bertz CT molecular complexity index is 1190. The standard InChI is InChI=1S/C22H23N5O5/c1-14-7-8-15(21-23-24-22(31)32-21)9-18(14)26(13-20(29)30)12-19(28)25(2)27-10-16-5-3-4-6-17(16)11-27/h3-9H,10-13H2,1-2H3,(H,24,31)(H,29,30). The van der Waals surface area contributed by atoms with Crippen LogP contribution in [0.15, 0.2) is 51.7 Å². The number of anilines is 1. The van der Waals surface area contributed by atoms with Gasteiger partial charge in [0.1, 0.15) is 6.54 Å². The average Bonchev–Trinajstić information content (AvgIpc) is 3.39. The molecule has 4 rings (SSSR count). The number of carboxylic acid groups (broad SMARTS) is 1. The minimum absolute atomic E-state index is 0.0878. The number of aromatic amines is 1. The second kappa shape index (κ2) is 8.67. The topological polar surface area (TPSA) is 123 Å². The zero-order valence-corrected chi connectivity index (χ0v) is 17.7. The van der Waals surface area contributed by atoms with Crippen LogP contribution in [-0.4, -0.2) is 57.3 Å². The monoisotopic (exact) mass is 437 g/mol. The van der Waals surface area contributed by atoms with Crippen LogP contribution in [-0.2, 0) is 22.7 Å². The van der Waals surface area contributed by atoms with E-state index in [0.717, 1.165) is 5.56 Å². The third-order valence-electron chi connectivity index (χ3n) is 5.50. The number of aliphatic carboxylic acids is 1. The van der Waals surface area contributed by atoms with E-state index in [1.54, 1.807) is 30.3 Å². The van der Waals surface area contributed by atoms with E-state index in [4.69, 9.17) is 4.42 Å². The molecule has 2 aromatic carbocycles. The highest BCUT2D eigenvalue weighted by Gasteiger charge is 2.27. The summed E-state index contributed by atoms with van der Waals surface area (Å²) in [6.45, 7) is 2.55. The Morgan fingerprint density at radius 1 is 1.16 bits per heavy atom. The number of nitrogens with one attached hydrogen (secondary N) is 1. The largest absolute Gasteiger partial charge is 0.480 e. The third-order valence-corrected chi connectivity index (χ3v) is 5.50. The highest BCUT2D eigenvalue weighted by atomic mass is 16.4. The van der Waals surface area contributed by atoms with Crippen molar-refractivity contribution in [3.8, 4) is 11.5 Å². The number of hydrogen-bond acceptors (Lipinski definition) is 7. The lowest BCUT2D eigenvalue weighted by Gasteiger charge is -2.31. The summed E-state index contributed by atoms with van der Waals surface area (Å²) in [6, 6.07) is 13.1. The van der Waals surface area contributed by atoms with Gasteiger partial charge in [0.05, 0.1) is 6.54 Å². The first-order valence-corrected chi connectivity index (χ1v) is 10.0. The average molecular weight is 437 g/mol. The van der Waals surface area contributed by atoms with E-state index in [0.29, 0.717) is 24.3 Å². The molecule has 2 heterocycles. The number of aryl methyl sites for hydroxylation is 1. The third kappa shape index (κ3) is 4.40. The van der Waals surface area contributed by atoms with Gasteiger partial charge < -0.3 is 14.4 Å². The number of amides is 1.